The quantitative estimate of drug-likeness (QED) is 0.310. The molecule has 0 radical (unpaired) electrons. The second-order valence-corrected chi connectivity index (χ2v) is 7.09. The minimum absolute atomic E-state index is 0.0242. The average Bonchev–Trinajstić information content (AvgIpc) is 2.71. The Kier molecular flexibility index (Phi) is 6.40. The van der Waals surface area contributed by atoms with E-state index in [4.69, 9.17) is 17.0 Å². The van der Waals surface area contributed by atoms with Crippen LogP contribution in [0.1, 0.15) is 5.56 Å². The van der Waals surface area contributed by atoms with Gasteiger partial charge in [0.15, 0.2) is 11.7 Å². The third-order valence-electron chi connectivity index (χ3n) is 3.96. The number of anilines is 1. The number of rotatable bonds is 5. The summed E-state index contributed by atoms with van der Waals surface area (Å²) in [6.07, 6.45) is 1.46. The standard InChI is InChI=1S/C20H15BrN2O5S/c1-27-17(24)11-28-16-8-7-12(10-15(16)21)9-14-18(25)22-20(29)23(19(14)26)13-5-3-2-4-6-13/h2-10H,11H2,1H3,(H,22,25,29)/b14-9-. The number of nitrogens with zero attached hydrogens (tertiary/aromatic N) is 1. The van der Waals surface area contributed by atoms with Gasteiger partial charge in [-0.25, -0.2) is 4.79 Å². The smallest absolute Gasteiger partial charge is 0.343 e. The van der Waals surface area contributed by atoms with Gasteiger partial charge in [-0.15, -0.1) is 0 Å². The Labute approximate surface area is 180 Å². The van der Waals surface area contributed by atoms with E-state index in [1.807, 2.05) is 6.07 Å². The van der Waals surface area contributed by atoms with Crippen molar-refractivity contribution in [3.63, 3.8) is 0 Å². The van der Waals surface area contributed by atoms with E-state index in [1.165, 1.54) is 18.1 Å². The molecule has 148 valence electrons. The zero-order chi connectivity index (χ0) is 21.0. The van der Waals surface area contributed by atoms with Crippen LogP contribution in [0.5, 0.6) is 5.75 Å². The molecule has 0 aromatic heterocycles. The largest absolute Gasteiger partial charge is 0.481 e. The first-order chi connectivity index (χ1) is 13.9. The number of para-hydroxylation sites is 1. The van der Waals surface area contributed by atoms with Gasteiger partial charge in [0.2, 0.25) is 0 Å². The fraction of sp³-hybridized carbons (Fsp3) is 0.100. The maximum atomic E-state index is 12.9. The van der Waals surface area contributed by atoms with E-state index in [1.54, 1.807) is 42.5 Å². The van der Waals surface area contributed by atoms with Crippen LogP contribution >= 0.6 is 28.1 Å². The molecule has 0 atom stereocenters. The van der Waals surface area contributed by atoms with Crippen LogP contribution in [0.3, 0.4) is 0 Å². The second kappa shape index (κ2) is 8.97. The molecule has 1 N–H and O–H groups in total. The number of nitrogens with one attached hydrogen (secondary N) is 1. The highest BCUT2D eigenvalue weighted by atomic mass is 79.9. The van der Waals surface area contributed by atoms with E-state index < -0.39 is 17.8 Å². The molecule has 0 saturated carbocycles. The van der Waals surface area contributed by atoms with Gasteiger partial charge in [-0.2, -0.15) is 0 Å². The van der Waals surface area contributed by atoms with Crippen LogP contribution in [0.4, 0.5) is 5.69 Å². The van der Waals surface area contributed by atoms with Gasteiger partial charge in [0.1, 0.15) is 11.3 Å². The number of thiocarbonyl (C=S) groups is 1. The van der Waals surface area contributed by atoms with Crippen molar-refractivity contribution in [1.29, 1.82) is 0 Å². The number of benzene rings is 2. The van der Waals surface area contributed by atoms with Crippen molar-refractivity contribution in [2.45, 2.75) is 0 Å². The molecule has 2 aromatic carbocycles. The fourth-order valence-corrected chi connectivity index (χ4v) is 3.35. The average molecular weight is 475 g/mol. The summed E-state index contributed by atoms with van der Waals surface area (Å²) in [5.41, 5.74) is 1.08. The van der Waals surface area contributed by atoms with Crippen LogP contribution < -0.4 is 15.0 Å². The first kappa shape index (κ1) is 20.7. The molecule has 0 aliphatic carbocycles. The molecule has 1 heterocycles. The number of methoxy groups -OCH3 is 1. The summed E-state index contributed by atoms with van der Waals surface area (Å²) in [5, 5.41) is 2.56. The lowest BCUT2D eigenvalue weighted by Crippen LogP contribution is -2.54. The summed E-state index contributed by atoms with van der Waals surface area (Å²) in [5.74, 6) is -1.19. The molecule has 9 heteroatoms. The minimum atomic E-state index is -0.575. The number of hydrogen-bond acceptors (Lipinski definition) is 6. The highest BCUT2D eigenvalue weighted by Crippen LogP contribution is 2.28. The van der Waals surface area contributed by atoms with Gasteiger partial charge in [0.05, 0.1) is 17.3 Å². The van der Waals surface area contributed by atoms with Gasteiger partial charge in [-0.05, 0) is 64.1 Å². The van der Waals surface area contributed by atoms with E-state index in [2.05, 4.69) is 26.0 Å². The molecular weight excluding hydrogens is 460 g/mol. The predicted octanol–water partition coefficient (Wildman–Crippen LogP) is 2.83. The van der Waals surface area contributed by atoms with Crippen molar-refractivity contribution in [3.05, 3.63) is 64.1 Å². The molecule has 1 aliphatic heterocycles. The van der Waals surface area contributed by atoms with E-state index in [9.17, 15) is 14.4 Å². The molecule has 2 aromatic rings. The molecule has 0 unspecified atom stereocenters. The lowest BCUT2D eigenvalue weighted by atomic mass is 10.1. The maximum Gasteiger partial charge on any atom is 0.343 e. The summed E-state index contributed by atoms with van der Waals surface area (Å²) in [6.45, 7) is -0.236. The highest BCUT2D eigenvalue weighted by molar-refractivity contribution is 9.10. The molecule has 1 aliphatic rings. The Bertz CT molecular complexity index is 1020. The first-order valence-electron chi connectivity index (χ1n) is 8.36. The zero-order valence-corrected chi connectivity index (χ0v) is 17.6. The van der Waals surface area contributed by atoms with Gasteiger partial charge in [0.25, 0.3) is 11.8 Å². The Hall–Kier alpha value is -3.04. The molecule has 0 bridgehead atoms. The van der Waals surface area contributed by atoms with Crippen LogP contribution in [0.2, 0.25) is 0 Å². The molecule has 7 nitrogen and oxygen atoms in total. The summed E-state index contributed by atoms with van der Waals surface area (Å²) < 4.78 is 10.4. The van der Waals surface area contributed by atoms with Crippen molar-refractivity contribution in [1.82, 2.24) is 5.32 Å². The van der Waals surface area contributed by atoms with Gasteiger partial charge in [-0.3, -0.25) is 19.8 Å². The van der Waals surface area contributed by atoms with Crippen molar-refractivity contribution >= 4 is 62.8 Å². The lowest BCUT2D eigenvalue weighted by Gasteiger charge is -2.28. The first-order valence-corrected chi connectivity index (χ1v) is 9.56. The second-order valence-electron chi connectivity index (χ2n) is 5.85. The molecular formula is C20H15BrN2O5S. The fourth-order valence-electron chi connectivity index (χ4n) is 2.56. The summed E-state index contributed by atoms with van der Waals surface area (Å²) in [6, 6.07) is 13.8. The topological polar surface area (TPSA) is 84.9 Å². The third-order valence-corrected chi connectivity index (χ3v) is 4.86. The number of carbonyl (C=O) groups is 3. The summed E-state index contributed by atoms with van der Waals surface area (Å²) >= 11 is 8.51. The van der Waals surface area contributed by atoms with Crippen LogP contribution in [-0.2, 0) is 19.1 Å². The number of esters is 1. The van der Waals surface area contributed by atoms with Crippen LogP contribution in [0, 0.1) is 0 Å². The van der Waals surface area contributed by atoms with Gasteiger partial charge in [-0.1, -0.05) is 24.3 Å². The zero-order valence-electron chi connectivity index (χ0n) is 15.2. The number of carbonyl (C=O) groups excluding carboxylic acids is 3. The molecule has 3 rings (SSSR count). The molecule has 2 amide bonds. The molecule has 1 saturated heterocycles. The molecule has 0 spiro atoms. The van der Waals surface area contributed by atoms with Crippen LogP contribution in [-0.4, -0.2) is 36.6 Å². The Morgan fingerprint density at radius 1 is 1.21 bits per heavy atom. The lowest BCUT2D eigenvalue weighted by molar-refractivity contribution is -0.143. The molecule has 29 heavy (non-hydrogen) atoms. The predicted molar refractivity (Wildman–Crippen MR) is 114 cm³/mol. The van der Waals surface area contributed by atoms with Crippen LogP contribution in [0.25, 0.3) is 6.08 Å². The highest BCUT2D eigenvalue weighted by Gasteiger charge is 2.34. The van der Waals surface area contributed by atoms with Crippen molar-refractivity contribution < 1.29 is 23.9 Å². The number of ether oxygens (including phenoxy) is 2. The Balaban J connectivity index is 1.87. The van der Waals surface area contributed by atoms with Gasteiger partial charge >= 0.3 is 5.97 Å². The number of amides is 2. The monoisotopic (exact) mass is 474 g/mol. The van der Waals surface area contributed by atoms with E-state index in [0.29, 0.717) is 21.5 Å². The van der Waals surface area contributed by atoms with E-state index >= 15 is 0 Å². The SMILES string of the molecule is COC(=O)COc1ccc(/C=C2/C(=O)NC(=S)N(c3ccccc3)C2=O)cc1Br. The van der Waals surface area contributed by atoms with E-state index in [-0.39, 0.29) is 17.3 Å². The number of hydrogen-bond donors (Lipinski definition) is 1. The van der Waals surface area contributed by atoms with Crippen LogP contribution in [0.15, 0.2) is 58.6 Å². The summed E-state index contributed by atoms with van der Waals surface area (Å²) in [4.78, 5) is 37.8. The normalized spacial score (nSPS) is 15.3. The third kappa shape index (κ3) is 4.69. The summed E-state index contributed by atoms with van der Waals surface area (Å²) in [7, 11) is 1.27. The Morgan fingerprint density at radius 3 is 2.59 bits per heavy atom. The minimum Gasteiger partial charge on any atom is -0.481 e. The van der Waals surface area contributed by atoms with Crippen molar-refractivity contribution in [2.24, 2.45) is 0 Å². The Morgan fingerprint density at radius 2 is 1.93 bits per heavy atom. The molecule has 1 fully saturated rings. The maximum absolute atomic E-state index is 12.9. The van der Waals surface area contributed by atoms with E-state index in [0.717, 1.165) is 0 Å². The van der Waals surface area contributed by atoms with Gasteiger partial charge in [0, 0.05) is 0 Å². The van der Waals surface area contributed by atoms with Crippen molar-refractivity contribution in [3.8, 4) is 5.75 Å². The number of halogens is 1. The van der Waals surface area contributed by atoms with Gasteiger partial charge < -0.3 is 9.47 Å². The van der Waals surface area contributed by atoms with Crippen molar-refractivity contribution in [2.75, 3.05) is 18.6 Å².